The number of ketones is 3. The highest BCUT2D eigenvalue weighted by atomic mass is 16.7. The Morgan fingerprint density at radius 2 is 1.55 bits per heavy atom. The fraction of sp³-hybridized carbons (Fsp3) is 0.500. The van der Waals surface area contributed by atoms with E-state index in [2.05, 4.69) is 5.32 Å². The number of amides is 1. The molecule has 9 unspecified atom stereocenters. The van der Waals surface area contributed by atoms with E-state index in [-0.39, 0.29) is 39.3 Å². The van der Waals surface area contributed by atoms with E-state index in [0.29, 0.717) is 0 Å². The third-order valence-corrected chi connectivity index (χ3v) is 10.2. The molecule has 1 aromatic rings. The summed E-state index contributed by atoms with van der Waals surface area (Å²) in [4.78, 5) is 67.1. The molecule has 0 saturated heterocycles. The van der Waals surface area contributed by atoms with E-state index < -0.39 is 94.4 Å². The van der Waals surface area contributed by atoms with Gasteiger partial charge in [-0.15, -0.1) is 0 Å². The normalized spacial score (nSPS) is 34.2. The smallest absolute Gasteiger partial charge is 0.312 e. The van der Waals surface area contributed by atoms with Crippen molar-refractivity contribution in [2.75, 3.05) is 7.11 Å². The molecule has 0 spiro atoms. The summed E-state index contributed by atoms with van der Waals surface area (Å²) in [5.41, 5.74) is -1.38. The summed E-state index contributed by atoms with van der Waals surface area (Å²) in [6.45, 7) is 13.7. The number of methoxy groups -OCH3 is 1. The number of benzene rings is 1. The summed E-state index contributed by atoms with van der Waals surface area (Å²) in [5.74, 6) is -8.92. The summed E-state index contributed by atoms with van der Waals surface area (Å²) in [6.07, 6.45) is 3.45. The molecular formula is C38H47NO12. The van der Waals surface area contributed by atoms with Crippen LogP contribution in [0.1, 0.15) is 92.0 Å². The number of allylic oxidation sites excluding steroid dienone is 4. The predicted octanol–water partition coefficient (Wildman–Crippen LogP) is 4.02. The van der Waals surface area contributed by atoms with Crippen molar-refractivity contribution in [3.8, 4) is 11.5 Å². The van der Waals surface area contributed by atoms with Crippen LogP contribution in [0.15, 0.2) is 47.4 Å². The first kappa shape index (κ1) is 39.2. The zero-order valence-corrected chi connectivity index (χ0v) is 30.5. The molecule has 13 nitrogen and oxygen atoms in total. The Kier molecular flexibility index (Phi) is 11.5. The summed E-state index contributed by atoms with van der Waals surface area (Å²) >= 11 is 0. The van der Waals surface area contributed by atoms with Gasteiger partial charge in [0.15, 0.2) is 5.78 Å². The number of rotatable bonds is 2. The summed E-state index contributed by atoms with van der Waals surface area (Å²) in [7, 11) is 1.42. The fourth-order valence-electron chi connectivity index (χ4n) is 6.84. The van der Waals surface area contributed by atoms with Crippen LogP contribution in [-0.4, -0.2) is 81.9 Å². The van der Waals surface area contributed by atoms with E-state index in [1.54, 1.807) is 39.8 Å². The minimum absolute atomic E-state index is 0.0113. The topological polar surface area (TPSA) is 195 Å². The number of fused-ring (bicyclic) bond motifs is 14. The van der Waals surface area contributed by atoms with Gasteiger partial charge in [-0.1, -0.05) is 45.9 Å². The number of carbonyl (C=O) groups excluding carboxylic acids is 5. The van der Waals surface area contributed by atoms with Crippen LogP contribution in [0.3, 0.4) is 0 Å². The Morgan fingerprint density at radius 1 is 0.902 bits per heavy atom. The van der Waals surface area contributed by atoms with Crippen molar-refractivity contribution in [1.82, 2.24) is 5.32 Å². The lowest BCUT2D eigenvalue weighted by molar-refractivity contribution is -0.160. The van der Waals surface area contributed by atoms with Gasteiger partial charge >= 0.3 is 11.8 Å². The number of hydrogen-bond acceptors (Lipinski definition) is 12. The van der Waals surface area contributed by atoms with E-state index in [9.17, 15) is 39.3 Å². The highest BCUT2D eigenvalue weighted by molar-refractivity contribution is 6.32. The molecule has 0 saturated carbocycles. The SMILES string of the molecule is COC1/C=C/OC2(C)Oc3c(C)c(O)c4c(c3C2=O)C(=O)C(C)=C(NC(=O)/C(C)=C\C=C\C(C)C(O)C(C)C(O)C(C)C(OC(C)=O)C1C)C4=O. The average molecular weight is 710 g/mol. The van der Waals surface area contributed by atoms with Gasteiger partial charge in [-0.05, 0) is 26.8 Å². The molecule has 51 heavy (non-hydrogen) atoms. The number of esters is 1. The van der Waals surface area contributed by atoms with Gasteiger partial charge in [0.1, 0.15) is 17.6 Å². The molecular weight excluding hydrogens is 662 g/mol. The molecule has 1 aliphatic carbocycles. The van der Waals surface area contributed by atoms with Crippen LogP contribution in [0, 0.1) is 30.6 Å². The molecule has 3 aliphatic heterocycles. The van der Waals surface area contributed by atoms with Crippen molar-refractivity contribution in [1.29, 1.82) is 0 Å². The van der Waals surface area contributed by atoms with Crippen LogP contribution in [0.25, 0.3) is 0 Å². The Labute approximate surface area is 297 Å². The number of phenols is 1. The van der Waals surface area contributed by atoms with E-state index >= 15 is 0 Å². The quantitative estimate of drug-likeness (QED) is 0.323. The summed E-state index contributed by atoms with van der Waals surface area (Å²) < 4.78 is 23.2. The molecule has 276 valence electrons. The van der Waals surface area contributed by atoms with Crippen LogP contribution in [0.5, 0.6) is 11.5 Å². The number of aliphatic hydroxyl groups excluding tert-OH is 2. The van der Waals surface area contributed by atoms with Gasteiger partial charge in [0.05, 0.1) is 47.0 Å². The van der Waals surface area contributed by atoms with Gasteiger partial charge in [-0.3, -0.25) is 24.0 Å². The molecule has 0 aromatic heterocycles. The summed E-state index contributed by atoms with van der Waals surface area (Å²) in [6, 6.07) is 0. The standard InChI is InChI=1S/C38H47NO12/c1-16-12-11-13-17(2)37(47)39-28-19(4)31(43)25-26(33(28)45)32(44)22(7)35-27(25)36(46)38(9,51-35)49-15-14-24(48-10)18(3)34(50-23(8)40)21(6)30(42)20(5)29(16)41/h11-16,18,20-21,24,29-30,34,41-42,44H,1-10H3,(H,39,47)/b12-11+,15-14+,17-13-. The Morgan fingerprint density at radius 3 is 2.16 bits per heavy atom. The van der Waals surface area contributed by atoms with Crippen LogP contribution in [-0.2, 0) is 23.8 Å². The number of phenolic OH excluding ortho intramolecular Hbond substituents is 1. The first-order valence-electron chi connectivity index (χ1n) is 16.8. The first-order chi connectivity index (χ1) is 23.8. The Bertz CT molecular complexity index is 1770. The Hall–Kier alpha value is -4.59. The van der Waals surface area contributed by atoms with E-state index in [1.807, 2.05) is 0 Å². The molecule has 9 atom stereocenters. The third-order valence-electron chi connectivity index (χ3n) is 10.2. The lowest BCUT2D eigenvalue weighted by atomic mass is 9.78. The molecule has 13 heteroatoms. The number of carbonyl (C=O) groups is 5. The molecule has 5 rings (SSSR count). The largest absolute Gasteiger partial charge is 0.507 e. The number of ether oxygens (including phenoxy) is 4. The van der Waals surface area contributed by atoms with E-state index in [4.69, 9.17) is 18.9 Å². The number of nitrogens with one attached hydrogen (secondary N) is 1. The minimum Gasteiger partial charge on any atom is -0.507 e. The van der Waals surface area contributed by atoms with Crippen molar-refractivity contribution in [3.63, 3.8) is 0 Å². The second-order valence-electron chi connectivity index (χ2n) is 13.8. The highest BCUT2D eigenvalue weighted by Gasteiger charge is 2.52. The van der Waals surface area contributed by atoms with Crippen molar-refractivity contribution >= 4 is 29.2 Å². The lowest BCUT2D eigenvalue weighted by Gasteiger charge is -2.38. The summed E-state index contributed by atoms with van der Waals surface area (Å²) in [5, 5.41) is 36.3. The van der Waals surface area contributed by atoms with Gasteiger partial charge in [0.25, 0.3) is 11.7 Å². The third kappa shape index (κ3) is 7.15. The van der Waals surface area contributed by atoms with Crippen molar-refractivity contribution in [3.05, 3.63) is 69.7 Å². The van der Waals surface area contributed by atoms with Gasteiger partial charge in [-0.2, -0.15) is 0 Å². The second-order valence-corrected chi connectivity index (χ2v) is 13.8. The van der Waals surface area contributed by atoms with Crippen molar-refractivity contribution in [2.24, 2.45) is 23.7 Å². The van der Waals surface area contributed by atoms with Gasteiger partial charge in [0.2, 0.25) is 5.78 Å². The maximum absolute atomic E-state index is 14.0. The second kappa shape index (κ2) is 14.9. The van der Waals surface area contributed by atoms with Crippen LogP contribution >= 0.6 is 0 Å². The van der Waals surface area contributed by atoms with Crippen LogP contribution in [0.2, 0.25) is 0 Å². The van der Waals surface area contributed by atoms with Crippen LogP contribution < -0.4 is 10.1 Å². The monoisotopic (exact) mass is 709 g/mol. The molecule has 4 aliphatic rings. The maximum atomic E-state index is 14.0. The molecule has 0 radical (unpaired) electrons. The minimum atomic E-state index is -2.04. The van der Waals surface area contributed by atoms with Crippen molar-refractivity contribution in [2.45, 2.75) is 92.5 Å². The molecule has 4 N–H and O–H groups in total. The highest BCUT2D eigenvalue weighted by Crippen LogP contribution is 2.48. The molecule has 0 fully saturated rings. The van der Waals surface area contributed by atoms with Gasteiger partial charge < -0.3 is 39.6 Å². The van der Waals surface area contributed by atoms with Crippen molar-refractivity contribution < 1.29 is 58.2 Å². The van der Waals surface area contributed by atoms with E-state index in [0.717, 1.165) is 0 Å². The molecule has 1 aromatic carbocycles. The predicted molar refractivity (Wildman–Crippen MR) is 184 cm³/mol. The van der Waals surface area contributed by atoms with E-state index in [1.165, 1.54) is 60.1 Å². The number of aromatic hydroxyl groups is 1. The molecule has 1 amide bonds. The zero-order chi connectivity index (χ0) is 38.3. The fourth-order valence-corrected chi connectivity index (χ4v) is 6.84. The van der Waals surface area contributed by atoms with Gasteiger partial charge in [-0.25, -0.2) is 0 Å². The Balaban J connectivity index is 1.86. The number of aliphatic hydroxyl groups is 2. The molecule has 3 heterocycles. The number of hydrogen-bond donors (Lipinski definition) is 4. The lowest BCUT2D eigenvalue weighted by Crippen LogP contribution is -2.46. The average Bonchev–Trinajstić information content (AvgIpc) is 3.35. The van der Waals surface area contributed by atoms with Gasteiger partial charge in [0, 0.05) is 61.3 Å². The maximum Gasteiger partial charge on any atom is 0.312 e. The number of Topliss-reactive ketones (excluding diaryl/α,β-unsaturated/α-hetero) is 3. The van der Waals surface area contributed by atoms with Crippen LogP contribution in [0.4, 0.5) is 0 Å². The first-order valence-corrected chi connectivity index (χ1v) is 16.8. The molecule has 5 bridgehead atoms. The zero-order valence-electron chi connectivity index (χ0n) is 30.5.